The highest BCUT2D eigenvalue weighted by Gasteiger charge is 2.60. The summed E-state index contributed by atoms with van der Waals surface area (Å²) < 4.78 is 116. The number of esters is 3. The number of aliphatic hydroxyl groups is 14. The van der Waals surface area contributed by atoms with Gasteiger partial charge in [-0.1, -0.05) is 0 Å². The smallest absolute Gasteiger partial charge is 0.457 e. The molecule has 2 unspecified atom stereocenters. The van der Waals surface area contributed by atoms with Gasteiger partial charge in [-0.15, -0.1) is 0 Å². The average molecular weight is 1400 g/mol. The van der Waals surface area contributed by atoms with Gasteiger partial charge in [-0.2, -0.15) is 0 Å². The summed E-state index contributed by atoms with van der Waals surface area (Å²) in [5.41, 5.74) is 0. The molecule has 45 heteroatoms. The normalized spacial score (nSPS) is 42.7. The van der Waals surface area contributed by atoms with Gasteiger partial charge in [-0.05, 0) is 0 Å². The van der Waals surface area contributed by atoms with Crippen molar-refractivity contribution in [1.29, 1.82) is 0 Å². The summed E-state index contributed by atoms with van der Waals surface area (Å²) in [5.74, 6) is -6.30. The highest BCUT2D eigenvalue weighted by Crippen LogP contribution is 2.52. The minimum Gasteiger partial charge on any atom is -0.457 e. The molecule has 6 fully saturated rings. The van der Waals surface area contributed by atoms with Crippen LogP contribution in [0.25, 0.3) is 0 Å². The van der Waals surface area contributed by atoms with E-state index >= 15 is 0 Å². The van der Waals surface area contributed by atoms with Gasteiger partial charge >= 0.3 is 33.6 Å². The number of aliphatic hydroxyl groups excluding tert-OH is 14. The number of amides is 3. The van der Waals surface area contributed by atoms with Crippen LogP contribution in [0.2, 0.25) is 0 Å². The zero-order valence-corrected chi connectivity index (χ0v) is 51.7. The summed E-state index contributed by atoms with van der Waals surface area (Å²) in [6, 6.07) is -5.67. The predicted molar refractivity (Wildman–Crippen MR) is 284 cm³/mol. The van der Waals surface area contributed by atoms with Crippen LogP contribution in [0.15, 0.2) is 0 Å². The van der Waals surface area contributed by atoms with Crippen LogP contribution in [0, 0.1) is 0 Å². The first-order valence-corrected chi connectivity index (χ1v) is 31.2. The Morgan fingerprint density at radius 1 is 0.333 bits per heavy atom. The van der Waals surface area contributed by atoms with E-state index in [1.165, 1.54) is 0 Å². The molecule has 32 atom stereocenters. The second-order valence-electron chi connectivity index (χ2n) is 21.8. The summed E-state index contributed by atoms with van der Waals surface area (Å²) in [6.07, 6.45) is -57.3. The predicted octanol–water partition coefficient (Wildman–Crippen LogP) is -11.7. The Kier molecular flexibility index (Phi) is 28.2. The van der Waals surface area contributed by atoms with E-state index in [9.17, 15) is 119 Å². The Bertz CT molecular complexity index is 2620. The molecular weight excluding hydrogens is 1320 g/mol. The molecule has 6 aliphatic heterocycles. The third-order valence-electron chi connectivity index (χ3n) is 14.9. The molecule has 0 spiro atoms. The van der Waals surface area contributed by atoms with Gasteiger partial charge in [-0.3, -0.25) is 46.9 Å². The largest absolute Gasteiger partial charge is 0.475 e. The maximum Gasteiger partial charge on any atom is 0.475 e. The second-order valence-corrected chi connectivity index (χ2v) is 24.5. The van der Waals surface area contributed by atoms with Crippen molar-refractivity contribution in [1.82, 2.24) is 16.0 Å². The van der Waals surface area contributed by atoms with Crippen molar-refractivity contribution in [2.45, 2.75) is 226 Å². The van der Waals surface area contributed by atoms with Gasteiger partial charge in [-0.25, -0.2) is 9.13 Å². The molecule has 43 nitrogen and oxygen atoms in total. The van der Waals surface area contributed by atoms with Gasteiger partial charge in [0.05, 0.1) is 39.6 Å². The highest BCUT2D eigenvalue weighted by molar-refractivity contribution is 7.47. The highest BCUT2D eigenvalue weighted by atomic mass is 31.2. The van der Waals surface area contributed by atoms with E-state index in [2.05, 4.69) is 16.0 Å². The van der Waals surface area contributed by atoms with Crippen LogP contribution < -0.4 is 16.0 Å². The van der Waals surface area contributed by atoms with Gasteiger partial charge in [0, 0.05) is 41.5 Å². The number of hydrogen-bond donors (Lipinski definition) is 19. The minimum atomic E-state index is -6.00. The number of rotatable bonds is 26. The molecule has 0 aromatic carbocycles. The topological polar surface area (TPSA) is 644 Å². The summed E-state index contributed by atoms with van der Waals surface area (Å²) in [6.45, 7) is -1.60. The fourth-order valence-corrected chi connectivity index (χ4v) is 12.9. The van der Waals surface area contributed by atoms with E-state index in [1.54, 1.807) is 0 Å². The van der Waals surface area contributed by atoms with Crippen LogP contribution in [0.4, 0.5) is 0 Å². The first kappa shape index (κ1) is 78.1. The fraction of sp³-hybridized carbons (Fsp3) is 0.875. The zero-order valence-electron chi connectivity index (χ0n) is 49.9. The van der Waals surface area contributed by atoms with E-state index in [1.807, 2.05) is 0 Å². The molecule has 3 amide bonds. The molecule has 6 rings (SSSR count). The molecule has 6 heterocycles. The van der Waals surface area contributed by atoms with Crippen LogP contribution >= 0.6 is 15.6 Å². The number of nitrogens with one attached hydrogen (secondary N) is 3. The van der Waals surface area contributed by atoms with Gasteiger partial charge in [0.1, 0.15) is 128 Å². The number of phosphoric ester groups is 2. The lowest BCUT2D eigenvalue weighted by molar-refractivity contribution is -0.344. The standard InChI is InChI=1S/C48H79N3O40P2/c1-13(58)49-25-37(76-16(4)61)28(64)20(8-53)80-44(25)86-41-30(66)21(9-54)81-47(33(41)69)90-93(74,75)89-36-24(12-57)84-46(27(51-15(3)60)39(36)78-18(6)63)87-42-31(67)22(10-55)82-48(34(42)70)91-92(72,73)88-35-23(11-56)83-45(26(50-14(2)59)38(35)77-17(5)62)85-40-29(65)19(7-52)79-43(71)32(40)68/h19-48,52-57,64-71H,7-12H2,1-6H3,(H,49,58)(H,50,59)(H,51,60)(H,72,73)(H,74,75)/t19-,20-,21-,22-,23-,24-,25-,26-,27-,28-,29+,30+,31+,32-,33-,34-,35-,36-,37-,38-,39-,40+,41+,42+,43+,44+,45+,46+,47-,48-/m1/s1. The number of carbonyl (C=O) groups excluding carboxylic acids is 6. The lowest BCUT2D eigenvalue weighted by atomic mass is 9.95. The van der Waals surface area contributed by atoms with Crippen LogP contribution in [-0.2, 0) is 113 Å². The third-order valence-corrected chi connectivity index (χ3v) is 16.8. The van der Waals surface area contributed by atoms with Crippen molar-refractivity contribution in [3.63, 3.8) is 0 Å². The van der Waals surface area contributed by atoms with E-state index in [0.717, 1.165) is 41.5 Å². The fourth-order valence-electron chi connectivity index (χ4n) is 10.8. The summed E-state index contributed by atoms with van der Waals surface area (Å²) in [7, 11) is -12.0. The summed E-state index contributed by atoms with van der Waals surface area (Å²) >= 11 is 0. The van der Waals surface area contributed by atoms with E-state index in [4.69, 9.17) is 74.9 Å². The van der Waals surface area contributed by atoms with Crippen molar-refractivity contribution in [2.75, 3.05) is 39.6 Å². The van der Waals surface area contributed by atoms with Crippen molar-refractivity contribution >= 4 is 51.3 Å². The lowest BCUT2D eigenvalue weighted by Gasteiger charge is -2.49. The molecule has 0 radical (unpaired) electrons. The Morgan fingerprint density at radius 2 is 0.591 bits per heavy atom. The Hall–Kier alpha value is -3.88. The second kappa shape index (κ2) is 33.6. The number of phosphoric acid groups is 2. The van der Waals surface area contributed by atoms with E-state index < -0.39 is 275 Å². The molecule has 0 saturated carbocycles. The first-order chi connectivity index (χ1) is 43.5. The first-order valence-electron chi connectivity index (χ1n) is 28.3. The van der Waals surface area contributed by atoms with Crippen molar-refractivity contribution < 1.29 is 194 Å². The third kappa shape index (κ3) is 19.3. The Balaban J connectivity index is 1.25. The van der Waals surface area contributed by atoms with Crippen molar-refractivity contribution in [3.05, 3.63) is 0 Å². The monoisotopic (exact) mass is 1400 g/mol. The molecule has 0 aromatic heterocycles. The molecule has 0 aromatic rings. The van der Waals surface area contributed by atoms with Gasteiger partial charge in [0.25, 0.3) is 0 Å². The lowest BCUT2D eigenvalue weighted by Crippen LogP contribution is -2.69. The van der Waals surface area contributed by atoms with Crippen molar-refractivity contribution in [2.24, 2.45) is 0 Å². The molecule has 93 heavy (non-hydrogen) atoms. The van der Waals surface area contributed by atoms with Gasteiger partial charge in [0.2, 0.25) is 17.7 Å². The van der Waals surface area contributed by atoms with Crippen LogP contribution in [0.5, 0.6) is 0 Å². The van der Waals surface area contributed by atoms with E-state index in [0.29, 0.717) is 0 Å². The SMILES string of the molecule is CC(=O)N[C@H]1[C@H](O[C@@H]2[C@@H](O)[C@@H](O)O[C@H](CO)[C@@H]2O)O[C@H](CO)[C@@H](OP(=O)(O)O[C@H]2O[C@H](CO)[C@H](O)[C@H](O[C@@H]3O[C@H](CO)[C@@H](OP(=O)(O)O[C@H]4O[C@H](CO)[C@H](O)[C@H](O[C@@H]5O[C@H](CO)[C@@H](O)[C@H](OC(C)=O)[C@H]5NC(C)=O)[C@H]4O)[C@H](OC(C)=O)[C@H]3NC(C)=O)[C@H]2O)[C@@H]1OC(C)=O. The molecule has 536 valence electrons. The summed E-state index contributed by atoms with van der Waals surface area (Å²) in [4.78, 5) is 98.2. The average Bonchev–Trinajstić information content (AvgIpc) is 0.800. The summed E-state index contributed by atoms with van der Waals surface area (Å²) in [5, 5.41) is 157. The Labute approximate surface area is 525 Å². The molecule has 0 aliphatic carbocycles. The molecule has 0 bridgehead atoms. The van der Waals surface area contributed by atoms with Gasteiger partial charge < -0.3 is 154 Å². The van der Waals surface area contributed by atoms with Crippen LogP contribution in [0.1, 0.15) is 41.5 Å². The van der Waals surface area contributed by atoms with Crippen LogP contribution in [0.3, 0.4) is 0 Å². The molecule has 19 N–H and O–H groups in total. The number of ether oxygens (including phenoxy) is 12. The zero-order chi connectivity index (χ0) is 69.5. The molecular formula is C48H79N3O40P2. The van der Waals surface area contributed by atoms with Crippen molar-refractivity contribution in [3.8, 4) is 0 Å². The number of carbonyl (C=O) groups is 6. The minimum absolute atomic E-state index is 0.773. The Morgan fingerprint density at radius 3 is 0.892 bits per heavy atom. The van der Waals surface area contributed by atoms with Gasteiger partial charge in [0.15, 0.2) is 56.1 Å². The van der Waals surface area contributed by atoms with Crippen LogP contribution in [-0.4, -0.2) is 341 Å². The molecule has 6 aliphatic rings. The number of hydrogen-bond acceptors (Lipinski definition) is 38. The molecule has 6 saturated heterocycles. The quantitative estimate of drug-likeness (QED) is 0.0217. The van der Waals surface area contributed by atoms with E-state index in [-0.39, 0.29) is 0 Å². The maximum absolute atomic E-state index is 14.2. The maximum atomic E-state index is 14.2.